The number of ketones is 1. The second-order valence-corrected chi connectivity index (χ2v) is 6.20. The summed E-state index contributed by atoms with van der Waals surface area (Å²) in [5.74, 6) is 0.686. The van der Waals surface area contributed by atoms with Crippen LogP contribution in [0.1, 0.15) is 10.6 Å². The van der Waals surface area contributed by atoms with E-state index in [-0.39, 0.29) is 5.78 Å². The maximum Gasteiger partial charge on any atom is 0.208 e. The molecule has 2 aromatic heterocycles. The molecule has 0 aliphatic rings. The number of Topliss-reactive ketones (excluding diaryl/α,β-unsaturated/α-hetero) is 1. The summed E-state index contributed by atoms with van der Waals surface area (Å²) in [6, 6.07) is 21.3. The largest absolute Gasteiger partial charge is 0.453 e. The summed E-state index contributed by atoms with van der Waals surface area (Å²) in [5.41, 5.74) is 1.68. The number of carbonyl (C=O) groups excluding carboxylic acids is 1. The summed E-state index contributed by atoms with van der Waals surface area (Å²) in [7, 11) is 0. The number of thioether (sulfide) groups is 1. The summed E-state index contributed by atoms with van der Waals surface area (Å²) < 4.78 is 5.61. The van der Waals surface area contributed by atoms with Gasteiger partial charge in [-0.1, -0.05) is 54.2 Å². The highest BCUT2D eigenvalue weighted by atomic mass is 32.2. The fourth-order valence-electron chi connectivity index (χ4n) is 2.46. The molecule has 0 bridgehead atoms. The summed E-state index contributed by atoms with van der Waals surface area (Å²) in [6.45, 7) is 0. The molecule has 0 amide bonds. The van der Waals surface area contributed by atoms with Crippen LogP contribution in [-0.2, 0) is 0 Å². The minimum absolute atomic E-state index is 0.0267. The van der Waals surface area contributed by atoms with E-state index in [4.69, 9.17) is 4.42 Å². The van der Waals surface area contributed by atoms with Gasteiger partial charge >= 0.3 is 0 Å². The van der Waals surface area contributed by atoms with E-state index >= 15 is 0 Å². The van der Waals surface area contributed by atoms with E-state index in [2.05, 4.69) is 4.98 Å². The number of hydrogen-bond acceptors (Lipinski definition) is 4. The molecule has 23 heavy (non-hydrogen) atoms. The number of pyridine rings is 1. The van der Waals surface area contributed by atoms with Crippen LogP contribution < -0.4 is 0 Å². The average Bonchev–Trinajstić information content (AvgIpc) is 3.04. The molecule has 0 radical (unpaired) electrons. The Morgan fingerprint density at radius 3 is 2.61 bits per heavy atom. The molecule has 0 saturated carbocycles. The Morgan fingerprint density at radius 1 is 0.957 bits per heavy atom. The van der Waals surface area contributed by atoms with Crippen LogP contribution in [0.4, 0.5) is 0 Å². The number of benzene rings is 2. The smallest absolute Gasteiger partial charge is 0.208 e. The average molecular weight is 319 g/mol. The van der Waals surface area contributed by atoms with Gasteiger partial charge in [0.05, 0.1) is 16.3 Å². The van der Waals surface area contributed by atoms with E-state index in [1.807, 2.05) is 60.7 Å². The minimum atomic E-state index is -0.0267. The Hall–Kier alpha value is -2.59. The van der Waals surface area contributed by atoms with Gasteiger partial charge in [-0.05, 0) is 24.3 Å². The molecule has 0 N–H and O–H groups in total. The monoisotopic (exact) mass is 319 g/mol. The van der Waals surface area contributed by atoms with Crippen molar-refractivity contribution >= 4 is 39.4 Å². The zero-order valence-corrected chi connectivity index (χ0v) is 13.0. The number of aromatic nitrogens is 1. The van der Waals surface area contributed by atoms with E-state index < -0.39 is 0 Å². The molecule has 3 nitrogen and oxygen atoms in total. The van der Waals surface area contributed by atoms with Gasteiger partial charge in [-0.15, -0.1) is 0 Å². The predicted molar refractivity (Wildman–Crippen MR) is 93.0 cm³/mol. The maximum atomic E-state index is 12.3. The lowest BCUT2D eigenvalue weighted by atomic mass is 10.2. The molecule has 2 aromatic carbocycles. The standard InChI is InChI=1S/C19H13NO2S/c21-16(18-11-14-6-2-4-8-17(14)22-18)12-23-19-10-9-13-5-1-3-7-15(13)20-19/h1-11H,12H2. The number of nitrogens with zero attached hydrogens (tertiary/aromatic N) is 1. The van der Waals surface area contributed by atoms with Crippen molar-refractivity contribution in [1.29, 1.82) is 0 Å². The molecule has 0 aliphatic carbocycles. The zero-order chi connectivity index (χ0) is 15.6. The normalized spacial score (nSPS) is 11.1. The molecular weight excluding hydrogens is 306 g/mol. The van der Waals surface area contributed by atoms with Gasteiger partial charge in [0, 0.05) is 10.8 Å². The minimum Gasteiger partial charge on any atom is -0.453 e. The van der Waals surface area contributed by atoms with Gasteiger partial charge in [0.2, 0.25) is 5.78 Å². The van der Waals surface area contributed by atoms with E-state index in [0.29, 0.717) is 11.5 Å². The third-order valence-corrected chi connectivity index (χ3v) is 4.55. The van der Waals surface area contributed by atoms with Crippen molar-refractivity contribution in [2.45, 2.75) is 5.03 Å². The molecule has 0 atom stereocenters. The van der Waals surface area contributed by atoms with E-state index in [9.17, 15) is 4.79 Å². The molecule has 4 aromatic rings. The number of para-hydroxylation sites is 2. The first-order chi connectivity index (χ1) is 11.3. The first-order valence-electron chi connectivity index (χ1n) is 7.30. The van der Waals surface area contributed by atoms with Crippen LogP contribution >= 0.6 is 11.8 Å². The van der Waals surface area contributed by atoms with Crippen LogP contribution in [0, 0.1) is 0 Å². The SMILES string of the molecule is O=C(CSc1ccc2ccccc2n1)c1cc2ccccc2o1. The quantitative estimate of drug-likeness (QED) is 0.394. The highest BCUT2D eigenvalue weighted by Crippen LogP contribution is 2.23. The lowest BCUT2D eigenvalue weighted by Gasteiger charge is -2.01. The zero-order valence-electron chi connectivity index (χ0n) is 12.2. The third kappa shape index (κ3) is 2.85. The Morgan fingerprint density at radius 2 is 1.74 bits per heavy atom. The van der Waals surface area contributed by atoms with Crippen molar-refractivity contribution in [3.8, 4) is 0 Å². The summed E-state index contributed by atoms with van der Waals surface area (Å²) in [5, 5.41) is 2.89. The number of hydrogen-bond donors (Lipinski definition) is 0. The van der Waals surface area contributed by atoms with E-state index in [1.165, 1.54) is 11.8 Å². The van der Waals surface area contributed by atoms with Crippen molar-refractivity contribution in [2.75, 3.05) is 5.75 Å². The number of rotatable bonds is 4. The first kappa shape index (κ1) is 14.0. The summed E-state index contributed by atoms with van der Waals surface area (Å²) in [6.07, 6.45) is 0. The maximum absolute atomic E-state index is 12.3. The fraction of sp³-hybridized carbons (Fsp3) is 0.0526. The van der Waals surface area contributed by atoms with Gasteiger partial charge < -0.3 is 4.42 Å². The molecule has 0 spiro atoms. The van der Waals surface area contributed by atoms with Gasteiger partial charge in [0.15, 0.2) is 5.76 Å². The molecule has 4 rings (SSSR count). The molecule has 0 aliphatic heterocycles. The molecule has 2 heterocycles. The Balaban J connectivity index is 1.51. The fourth-order valence-corrected chi connectivity index (χ4v) is 3.21. The molecule has 4 heteroatoms. The Labute approximate surface area is 137 Å². The number of furan rings is 1. The third-order valence-electron chi connectivity index (χ3n) is 3.62. The summed E-state index contributed by atoms with van der Waals surface area (Å²) in [4.78, 5) is 16.9. The van der Waals surface area contributed by atoms with Crippen molar-refractivity contribution in [1.82, 2.24) is 4.98 Å². The van der Waals surface area contributed by atoms with E-state index in [1.54, 1.807) is 6.07 Å². The first-order valence-corrected chi connectivity index (χ1v) is 8.28. The van der Waals surface area contributed by atoms with Crippen molar-refractivity contribution < 1.29 is 9.21 Å². The van der Waals surface area contributed by atoms with Gasteiger partial charge in [0.25, 0.3) is 0 Å². The van der Waals surface area contributed by atoms with Crippen LogP contribution in [0.3, 0.4) is 0 Å². The second kappa shape index (κ2) is 5.89. The van der Waals surface area contributed by atoms with Gasteiger partial charge in [0.1, 0.15) is 5.58 Å². The molecule has 0 unspecified atom stereocenters. The lowest BCUT2D eigenvalue weighted by Crippen LogP contribution is -2.00. The lowest BCUT2D eigenvalue weighted by molar-refractivity contribution is 0.0994. The highest BCUT2D eigenvalue weighted by molar-refractivity contribution is 7.99. The molecular formula is C19H13NO2S. The summed E-state index contributed by atoms with van der Waals surface area (Å²) >= 11 is 1.43. The number of carbonyl (C=O) groups is 1. The Kier molecular flexibility index (Phi) is 3.60. The van der Waals surface area contributed by atoms with Crippen LogP contribution in [-0.4, -0.2) is 16.5 Å². The van der Waals surface area contributed by atoms with E-state index in [0.717, 1.165) is 26.9 Å². The van der Waals surface area contributed by atoms with Crippen molar-refractivity contribution in [3.63, 3.8) is 0 Å². The van der Waals surface area contributed by atoms with Crippen molar-refractivity contribution in [2.24, 2.45) is 0 Å². The van der Waals surface area contributed by atoms with Crippen molar-refractivity contribution in [3.05, 3.63) is 72.5 Å². The van der Waals surface area contributed by atoms with Crippen LogP contribution in [0.15, 0.2) is 76.2 Å². The Bertz CT molecular complexity index is 973. The van der Waals surface area contributed by atoms with Crippen LogP contribution in [0.5, 0.6) is 0 Å². The molecule has 0 fully saturated rings. The van der Waals surface area contributed by atoms with Crippen LogP contribution in [0.25, 0.3) is 21.9 Å². The van der Waals surface area contributed by atoms with Gasteiger partial charge in [-0.3, -0.25) is 4.79 Å². The highest BCUT2D eigenvalue weighted by Gasteiger charge is 2.13. The molecule has 112 valence electrons. The topological polar surface area (TPSA) is 43.1 Å². The molecule has 0 saturated heterocycles. The number of fused-ring (bicyclic) bond motifs is 2. The van der Waals surface area contributed by atoms with Gasteiger partial charge in [-0.2, -0.15) is 0 Å². The second-order valence-electron chi connectivity index (χ2n) is 5.20. The van der Waals surface area contributed by atoms with Gasteiger partial charge in [-0.25, -0.2) is 4.98 Å². The predicted octanol–water partition coefficient (Wildman–Crippen LogP) is 4.96. The van der Waals surface area contributed by atoms with Crippen LogP contribution in [0.2, 0.25) is 0 Å².